The monoisotopic (exact) mass is 196 g/mol. The van der Waals surface area contributed by atoms with Crippen LogP contribution in [0, 0.1) is 0 Å². The molecule has 0 aliphatic rings. The Kier molecular flexibility index (Phi) is 3.48. The number of benzene rings is 1. The second-order valence-electron chi connectivity index (χ2n) is 2.94. The number of rotatable bonds is 3. The lowest BCUT2D eigenvalue weighted by Gasteiger charge is -2.05. The molecule has 4 heteroatoms. The molecular formula is C10H12O4. The van der Waals surface area contributed by atoms with Gasteiger partial charge in [-0.2, -0.15) is 5.26 Å². The molecule has 1 aromatic rings. The number of hydrogen-bond acceptors (Lipinski definition) is 4. The number of aryl methyl sites for hydroxylation is 1. The number of phenols is 1. The third-order valence-corrected chi connectivity index (χ3v) is 1.94. The zero-order valence-electron chi connectivity index (χ0n) is 7.86. The average Bonchev–Trinajstić information content (AvgIpc) is 2.20. The minimum Gasteiger partial charge on any atom is -0.507 e. The zero-order chi connectivity index (χ0) is 10.6. The number of aromatic hydroxyl groups is 1. The smallest absolute Gasteiger partial charge is 0.376 e. The van der Waals surface area contributed by atoms with Gasteiger partial charge < -0.3 is 5.11 Å². The number of phenolic OH excluding ortho intramolecular Hbond substituents is 1. The van der Waals surface area contributed by atoms with Gasteiger partial charge in [-0.15, -0.1) is 0 Å². The molecule has 4 nitrogen and oxygen atoms in total. The zero-order valence-corrected chi connectivity index (χ0v) is 7.86. The third kappa shape index (κ3) is 2.03. The summed E-state index contributed by atoms with van der Waals surface area (Å²) in [7, 11) is 0. The molecule has 0 aliphatic heterocycles. The van der Waals surface area contributed by atoms with Crippen molar-refractivity contribution in [2.24, 2.45) is 0 Å². The number of carbonyl (C=O) groups excluding carboxylic acids is 1. The van der Waals surface area contributed by atoms with Gasteiger partial charge in [-0.1, -0.05) is 25.5 Å². The Morgan fingerprint density at radius 1 is 1.50 bits per heavy atom. The lowest BCUT2D eigenvalue weighted by molar-refractivity contribution is -0.182. The van der Waals surface area contributed by atoms with Crippen molar-refractivity contribution in [1.29, 1.82) is 0 Å². The van der Waals surface area contributed by atoms with Gasteiger partial charge in [0.2, 0.25) is 0 Å². The quantitative estimate of drug-likeness (QED) is 0.573. The highest BCUT2D eigenvalue weighted by Gasteiger charge is 2.14. The van der Waals surface area contributed by atoms with Crippen LogP contribution in [0.5, 0.6) is 5.75 Å². The molecular weight excluding hydrogens is 184 g/mol. The standard InChI is InChI=1S/C10H12O4/c1-2-4-7-5-3-6-8(9(7)11)10(12)14-13/h3,5-6,11,13H,2,4H2,1H3. The minimum atomic E-state index is -0.944. The summed E-state index contributed by atoms with van der Waals surface area (Å²) in [5.41, 5.74) is 0.661. The number of para-hydroxylation sites is 1. The van der Waals surface area contributed by atoms with Crippen molar-refractivity contribution in [1.82, 2.24) is 0 Å². The minimum absolute atomic E-state index is 0.0153. The first-order valence-corrected chi connectivity index (χ1v) is 4.37. The van der Waals surface area contributed by atoms with Crippen molar-refractivity contribution in [3.63, 3.8) is 0 Å². The molecule has 1 aromatic carbocycles. The van der Waals surface area contributed by atoms with Crippen LogP contribution in [0.1, 0.15) is 29.3 Å². The molecule has 76 valence electrons. The Bertz CT molecular complexity index is 333. The topological polar surface area (TPSA) is 66.8 Å². The van der Waals surface area contributed by atoms with E-state index in [9.17, 15) is 9.90 Å². The summed E-state index contributed by atoms with van der Waals surface area (Å²) < 4.78 is 0. The largest absolute Gasteiger partial charge is 0.507 e. The van der Waals surface area contributed by atoms with Crippen LogP contribution in [0.15, 0.2) is 18.2 Å². The molecule has 0 spiro atoms. The summed E-state index contributed by atoms with van der Waals surface area (Å²) >= 11 is 0. The van der Waals surface area contributed by atoms with E-state index in [4.69, 9.17) is 5.26 Å². The van der Waals surface area contributed by atoms with E-state index in [1.807, 2.05) is 6.92 Å². The van der Waals surface area contributed by atoms with E-state index in [0.29, 0.717) is 12.0 Å². The van der Waals surface area contributed by atoms with Gasteiger partial charge in [-0.3, -0.25) is 4.89 Å². The maximum Gasteiger partial charge on any atom is 0.376 e. The maximum atomic E-state index is 11.0. The third-order valence-electron chi connectivity index (χ3n) is 1.94. The molecule has 0 aliphatic carbocycles. The highest BCUT2D eigenvalue weighted by Crippen LogP contribution is 2.24. The van der Waals surface area contributed by atoms with E-state index in [1.165, 1.54) is 6.07 Å². The van der Waals surface area contributed by atoms with Crippen LogP contribution in [-0.2, 0) is 11.3 Å². The van der Waals surface area contributed by atoms with Gasteiger partial charge in [0.1, 0.15) is 11.3 Å². The number of hydrogen-bond donors (Lipinski definition) is 2. The maximum absolute atomic E-state index is 11.0. The molecule has 1 rings (SSSR count). The SMILES string of the molecule is CCCc1cccc(C(=O)OO)c1O. The molecule has 0 heterocycles. The predicted molar refractivity (Wildman–Crippen MR) is 50.1 cm³/mol. The molecule has 0 atom stereocenters. The molecule has 0 fully saturated rings. The first-order chi connectivity index (χ1) is 6.70. The van der Waals surface area contributed by atoms with Gasteiger partial charge in [-0.05, 0) is 18.1 Å². The molecule has 2 N–H and O–H groups in total. The van der Waals surface area contributed by atoms with E-state index < -0.39 is 5.97 Å². The first kappa shape index (κ1) is 10.5. The Balaban J connectivity index is 3.07. The van der Waals surface area contributed by atoms with E-state index in [0.717, 1.165) is 6.42 Å². The second-order valence-corrected chi connectivity index (χ2v) is 2.94. The average molecular weight is 196 g/mol. The van der Waals surface area contributed by atoms with Crippen LogP contribution in [0.2, 0.25) is 0 Å². The molecule has 0 saturated carbocycles. The van der Waals surface area contributed by atoms with Crippen LogP contribution in [0.25, 0.3) is 0 Å². The van der Waals surface area contributed by atoms with Gasteiger partial charge in [0.25, 0.3) is 0 Å². The Hall–Kier alpha value is -1.55. The van der Waals surface area contributed by atoms with Crippen LogP contribution < -0.4 is 0 Å². The summed E-state index contributed by atoms with van der Waals surface area (Å²) in [5, 5.41) is 17.8. The van der Waals surface area contributed by atoms with Crippen LogP contribution in [0.4, 0.5) is 0 Å². The van der Waals surface area contributed by atoms with Crippen molar-refractivity contribution >= 4 is 5.97 Å². The normalized spacial score (nSPS) is 9.86. The van der Waals surface area contributed by atoms with Gasteiger partial charge in [0.05, 0.1) is 0 Å². The van der Waals surface area contributed by atoms with Crippen molar-refractivity contribution < 1.29 is 20.0 Å². The van der Waals surface area contributed by atoms with Crippen molar-refractivity contribution in [3.05, 3.63) is 29.3 Å². The fraction of sp³-hybridized carbons (Fsp3) is 0.300. The second kappa shape index (κ2) is 4.62. The van der Waals surface area contributed by atoms with Gasteiger partial charge >= 0.3 is 5.97 Å². The van der Waals surface area contributed by atoms with Crippen LogP contribution >= 0.6 is 0 Å². The summed E-state index contributed by atoms with van der Waals surface area (Å²) in [4.78, 5) is 14.5. The van der Waals surface area contributed by atoms with Crippen molar-refractivity contribution in [3.8, 4) is 5.75 Å². The lowest BCUT2D eigenvalue weighted by atomic mass is 10.1. The summed E-state index contributed by atoms with van der Waals surface area (Å²) in [6, 6.07) is 4.76. The molecule has 0 radical (unpaired) electrons. The van der Waals surface area contributed by atoms with Gasteiger partial charge in [0, 0.05) is 0 Å². The van der Waals surface area contributed by atoms with E-state index >= 15 is 0 Å². The van der Waals surface area contributed by atoms with Gasteiger partial charge in [0.15, 0.2) is 0 Å². The van der Waals surface area contributed by atoms with Crippen LogP contribution in [-0.4, -0.2) is 16.3 Å². The Labute approximate surface area is 81.7 Å². The molecule has 0 bridgehead atoms. The van der Waals surface area contributed by atoms with E-state index in [-0.39, 0.29) is 11.3 Å². The highest BCUT2D eigenvalue weighted by atomic mass is 17.1. The lowest BCUT2D eigenvalue weighted by Crippen LogP contribution is -2.03. The first-order valence-electron chi connectivity index (χ1n) is 4.37. The Morgan fingerprint density at radius 3 is 2.79 bits per heavy atom. The van der Waals surface area contributed by atoms with Gasteiger partial charge in [-0.25, -0.2) is 4.79 Å². The Morgan fingerprint density at radius 2 is 2.21 bits per heavy atom. The summed E-state index contributed by atoms with van der Waals surface area (Å²) in [5.74, 6) is -1.06. The molecule has 0 saturated heterocycles. The number of carbonyl (C=O) groups is 1. The predicted octanol–water partition coefficient (Wildman–Crippen LogP) is 1.97. The molecule has 0 amide bonds. The van der Waals surface area contributed by atoms with Crippen molar-refractivity contribution in [2.75, 3.05) is 0 Å². The van der Waals surface area contributed by atoms with E-state index in [1.54, 1.807) is 12.1 Å². The highest BCUT2D eigenvalue weighted by molar-refractivity contribution is 5.92. The molecule has 14 heavy (non-hydrogen) atoms. The van der Waals surface area contributed by atoms with E-state index in [2.05, 4.69) is 4.89 Å². The molecule has 0 aromatic heterocycles. The molecule has 0 unspecified atom stereocenters. The fourth-order valence-corrected chi connectivity index (χ4v) is 1.28. The summed E-state index contributed by atoms with van der Waals surface area (Å²) in [6.45, 7) is 1.97. The van der Waals surface area contributed by atoms with Crippen LogP contribution in [0.3, 0.4) is 0 Å². The fourth-order valence-electron chi connectivity index (χ4n) is 1.28. The summed E-state index contributed by atoms with van der Waals surface area (Å²) in [6.07, 6.45) is 1.55. The van der Waals surface area contributed by atoms with Crippen molar-refractivity contribution in [2.45, 2.75) is 19.8 Å².